The lowest BCUT2D eigenvalue weighted by atomic mass is 10.0. The molecular weight excluding hydrogens is 246 g/mol. The molecule has 0 saturated carbocycles. The van der Waals surface area contributed by atoms with Crippen LogP contribution in [-0.4, -0.2) is 17.4 Å². The van der Waals surface area contributed by atoms with E-state index in [9.17, 15) is 14.9 Å². The van der Waals surface area contributed by atoms with E-state index in [0.717, 1.165) is 12.0 Å². The molecule has 6 heteroatoms. The van der Waals surface area contributed by atoms with E-state index in [1.807, 2.05) is 13.8 Å². The van der Waals surface area contributed by atoms with Crippen molar-refractivity contribution in [2.45, 2.75) is 26.7 Å². The van der Waals surface area contributed by atoms with E-state index in [1.54, 1.807) is 12.1 Å². The minimum Gasteiger partial charge on any atom is -0.330 e. The van der Waals surface area contributed by atoms with Crippen LogP contribution in [0.5, 0.6) is 0 Å². The molecule has 1 amide bonds. The predicted molar refractivity (Wildman–Crippen MR) is 73.9 cm³/mol. The molecule has 0 aromatic heterocycles. The zero-order valence-corrected chi connectivity index (χ0v) is 11.2. The number of amides is 1. The summed E-state index contributed by atoms with van der Waals surface area (Å²) in [5.41, 5.74) is 6.52. The number of benzene rings is 1. The molecule has 1 rings (SSSR count). The number of nitrogens with zero attached hydrogens (tertiary/aromatic N) is 1. The van der Waals surface area contributed by atoms with Crippen LogP contribution in [0.2, 0.25) is 0 Å². The highest BCUT2D eigenvalue weighted by Gasteiger charge is 2.20. The second-order valence-corrected chi connectivity index (χ2v) is 4.49. The van der Waals surface area contributed by atoms with Crippen LogP contribution in [0.4, 0.5) is 11.4 Å². The zero-order chi connectivity index (χ0) is 14.4. The fourth-order valence-electron chi connectivity index (χ4n) is 1.85. The van der Waals surface area contributed by atoms with Gasteiger partial charge in [-0.05, 0) is 25.0 Å². The fourth-order valence-corrected chi connectivity index (χ4v) is 1.85. The van der Waals surface area contributed by atoms with Gasteiger partial charge in [0.05, 0.1) is 10.8 Å². The summed E-state index contributed by atoms with van der Waals surface area (Å²) in [7, 11) is 0. The zero-order valence-electron chi connectivity index (χ0n) is 11.2. The van der Waals surface area contributed by atoms with E-state index in [4.69, 9.17) is 5.73 Å². The van der Waals surface area contributed by atoms with Gasteiger partial charge in [-0.3, -0.25) is 14.9 Å². The number of nitrogens with one attached hydrogen (secondary N) is 1. The van der Waals surface area contributed by atoms with Gasteiger partial charge in [0.25, 0.3) is 5.69 Å². The van der Waals surface area contributed by atoms with E-state index >= 15 is 0 Å². The first-order valence-electron chi connectivity index (χ1n) is 6.25. The molecule has 3 N–H and O–H groups in total. The minimum atomic E-state index is -0.508. The van der Waals surface area contributed by atoms with Crippen molar-refractivity contribution in [3.8, 4) is 0 Å². The van der Waals surface area contributed by atoms with E-state index in [0.29, 0.717) is 6.42 Å². The molecule has 19 heavy (non-hydrogen) atoms. The quantitative estimate of drug-likeness (QED) is 0.608. The molecule has 0 aliphatic rings. The van der Waals surface area contributed by atoms with Gasteiger partial charge in [0.2, 0.25) is 5.91 Å². The third-order valence-electron chi connectivity index (χ3n) is 2.90. The van der Waals surface area contributed by atoms with Crippen molar-refractivity contribution in [3.63, 3.8) is 0 Å². The lowest BCUT2D eigenvalue weighted by Crippen LogP contribution is -2.29. The fraction of sp³-hybridized carbons (Fsp3) is 0.462. The first-order chi connectivity index (χ1) is 8.99. The largest absolute Gasteiger partial charge is 0.330 e. The number of hydrogen-bond donors (Lipinski definition) is 2. The van der Waals surface area contributed by atoms with Crippen molar-refractivity contribution < 1.29 is 9.72 Å². The standard InChI is InChI=1S/C13H19N3O3/c1-3-4-10(8-14)13(17)15-11-7-9(2)5-6-12(11)16(18)19/h5-7,10H,3-4,8,14H2,1-2H3,(H,15,17). The van der Waals surface area contributed by atoms with E-state index in [-0.39, 0.29) is 29.7 Å². The summed E-state index contributed by atoms with van der Waals surface area (Å²) in [4.78, 5) is 22.4. The maximum absolute atomic E-state index is 12.0. The number of hydrogen-bond acceptors (Lipinski definition) is 4. The van der Waals surface area contributed by atoms with Crippen LogP contribution in [0.15, 0.2) is 18.2 Å². The van der Waals surface area contributed by atoms with E-state index < -0.39 is 4.92 Å². The lowest BCUT2D eigenvalue weighted by molar-refractivity contribution is -0.383. The Morgan fingerprint density at radius 3 is 2.74 bits per heavy atom. The summed E-state index contributed by atoms with van der Waals surface area (Å²) in [6.07, 6.45) is 1.51. The summed E-state index contributed by atoms with van der Waals surface area (Å²) in [5.74, 6) is -0.580. The van der Waals surface area contributed by atoms with Crippen LogP contribution >= 0.6 is 0 Å². The number of aryl methyl sites for hydroxylation is 1. The van der Waals surface area contributed by atoms with Gasteiger partial charge >= 0.3 is 0 Å². The van der Waals surface area contributed by atoms with Gasteiger partial charge in [-0.15, -0.1) is 0 Å². The molecule has 1 unspecified atom stereocenters. The highest BCUT2D eigenvalue weighted by molar-refractivity contribution is 5.94. The summed E-state index contributed by atoms with van der Waals surface area (Å²) >= 11 is 0. The lowest BCUT2D eigenvalue weighted by Gasteiger charge is -2.14. The molecule has 1 aromatic rings. The van der Waals surface area contributed by atoms with Gasteiger partial charge < -0.3 is 11.1 Å². The number of rotatable bonds is 6. The molecule has 1 aromatic carbocycles. The Labute approximate surface area is 112 Å². The van der Waals surface area contributed by atoms with Gasteiger partial charge in [0.1, 0.15) is 5.69 Å². The molecule has 104 valence electrons. The van der Waals surface area contributed by atoms with Crippen LogP contribution < -0.4 is 11.1 Å². The minimum absolute atomic E-state index is 0.105. The van der Waals surface area contributed by atoms with Gasteiger partial charge in [-0.25, -0.2) is 0 Å². The molecule has 6 nitrogen and oxygen atoms in total. The van der Waals surface area contributed by atoms with Crippen molar-refractivity contribution in [3.05, 3.63) is 33.9 Å². The summed E-state index contributed by atoms with van der Waals surface area (Å²) in [6.45, 7) is 4.01. The molecule has 0 bridgehead atoms. The molecule has 1 atom stereocenters. The number of nitro benzene ring substituents is 1. The molecule has 0 fully saturated rings. The highest BCUT2D eigenvalue weighted by Crippen LogP contribution is 2.26. The SMILES string of the molecule is CCCC(CN)C(=O)Nc1cc(C)ccc1[N+](=O)[O-]. The third kappa shape index (κ3) is 4.03. The second-order valence-electron chi connectivity index (χ2n) is 4.49. The number of nitro groups is 1. The average Bonchev–Trinajstić information content (AvgIpc) is 2.35. The average molecular weight is 265 g/mol. The first kappa shape index (κ1) is 15.1. The van der Waals surface area contributed by atoms with Crippen LogP contribution in [-0.2, 0) is 4.79 Å². The van der Waals surface area contributed by atoms with Crippen molar-refractivity contribution in [1.29, 1.82) is 0 Å². The van der Waals surface area contributed by atoms with Crippen LogP contribution in [0.1, 0.15) is 25.3 Å². The van der Waals surface area contributed by atoms with Crippen LogP contribution in [0, 0.1) is 23.0 Å². The van der Waals surface area contributed by atoms with E-state index in [1.165, 1.54) is 6.07 Å². The Balaban J connectivity index is 2.94. The predicted octanol–water partition coefficient (Wildman–Crippen LogP) is 2.22. The molecule has 0 radical (unpaired) electrons. The van der Waals surface area contributed by atoms with Crippen molar-refractivity contribution in [2.75, 3.05) is 11.9 Å². The molecular formula is C13H19N3O3. The number of nitrogens with two attached hydrogens (primary N) is 1. The summed E-state index contributed by atoms with van der Waals surface area (Å²) in [5, 5.41) is 13.5. The number of carbonyl (C=O) groups excluding carboxylic acids is 1. The molecule has 0 spiro atoms. The third-order valence-corrected chi connectivity index (χ3v) is 2.90. The van der Waals surface area contributed by atoms with Crippen LogP contribution in [0.25, 0.3) is 0 Å². The summed E-state index contributed by atoms with van der Waals surface area (Å²) < 4.78 is 0. The van der Waals surface area contributed by atoms with Gasteiger partial charge in [0.15, 0.2) is 0 Å². The van der Waals surface area contributed by atoms with Gasteiger partial charge in [-0.1, -0.05) is 19.4 Å². The molecule has 0 aliphatic heterocycles. The molecule has 0 saturated heterocycles. The highest BCUT2D eigenvalue weighted by atomic mass is 16.6. The van der Waals surface area contributed by atoms with Crippen molar-refractivity contribution in [2.24, 2.45) is 11.7 Å². The normalized spacial score (nSPS) is 11.9. The van der Waals surface area contributed by atoms with Gasteiger partial charge in [0, 0.05) is 12.6 Å². The Morgan fingerprint density at radius 2 is 2.21 bits per heavy atom. The summed E-state index contributed by atoms with van der Waals surface area (Å²) in [6, 6.07) is 4.62. The Kier molecular flexibility index (Phi) is 5.44. The Bertz CT molecular complexity index is 474. The number of carbonyl (C=O) groups is 1. The Morgan fingerprint density at radius 1 is 1.53 bits per heavy atom. The maximum Gasteiger partial charge on any atom is 0.292 e. The Hall–Kier alpha value is -1.95. The second kappa shape index (κ2) is 6.84. The van der Waals surface area contributed by atoms with E-state index in [2.05, 4.69) is 5.32 Å². The topological polar surface area (TPSA) is 98.3 Å². The van der Waals surface area contributed by atoms with Gasteiger partial charge in [-0.2, -0.15) is 0 Å². The first-order valence-corrected chi connectivity index (χ1v) is 6.25. The monoisotopic (exact) mass is 265 g/mol. The van der Waals surface area contributed by atoms with Crippen molar-refractivity contribution in [1.82, 2.24) is 0 Å². The number of anilines is 1. The van der Waals surface area contributed by atoms with Crippen molar-refractivity contribution >= 4 is 17.3 Å². The molecule has 0 heterocycles. The van der Waals surface area contributed by atoms with Crippen LogP contribution in [0.3, 0.4) is 0 Å². The smallest absolute Gasteiger partial charge is 0.292 e. The molecule has 0 aliphatic carbocycles. The maximum atomic E-state index is 12.0.